The summed E-state index contributed by atoms with van der Waals surface area (Å²) in [6.45, 7) is 1.94. The molecule has 0 spiro atoms. The molecular formula is C26H32N2O3. The molecular weight excluding hydrogens is 388 g/mol. The molecule has 0 aromatic heterocycles. The van der Waals surface area contributed by atoms with E-state index in [0.717, 1.165) is 61.9 Å². The van der Waals surface area contributed by atoms with Crippen molar-refractivity contribution in [2.45, 2.75) is 57.6 Å². The minimum Gasteiger partial charge on any atom is -0.376 e. The summed E-state index contributed by atoms with van der Waals surface area (Å²) in [7, 11) is 0. The first-order valence-electron chi connectivity index (χ1n) is 11.5. The lowest BCUT2D eigenvalue weighted by molar-refractivity contribution is -0.122. The number of rotatable bonds is 8. The van der Waals surface area contributed by atoms with E-state index in [1.807, 2.05) is 47.4 Å². The third-order valence-corrected chi connectivity index (χ3v) is 6.32. The Labute approximate surface area is 184 Å². The van der Waals surface area contributed by atoms with E-state index >= 15 is 0 Å². The predicted molar refractivity (Wildman–Crippen MR) is 122 cm³/mol. The standard InChI is InChI=1S/C26H32N2O3/c29-25(27-18-24-11-6-16-31-24)17-20-12-14-23(15-13-20)28(19-21-7-2-1-3-8-21)26(30)22-9-4-5-10-22/h1-3,7-8,12-15,22,24H,4-6,9-11,16-19H2,(H,27,29)/t24-/m1/s1. The summed E-state index contributed by atoms with van der Waals surface area (Å²) in [5, 5.41) is 2.97. The van der Waals surface area contributed by atoms with E-state index in [1.54, 1.807) is 0 Å². The molecule has 2 amide bonds. The van der Waals surface area contributed by atoms with E-state index in [2.05, 4.69) is 17.4 Å². The lowest BCUT2D eigenvalue weighted by Gasteiger charge is -2.26. The van der Waals surface area contributed by atoms with Gasteiger partial charge in [0, 0.05) is 24.8 Å². The summed E-state index contributed by atoms with van der Waals surface area (Å²) in [6, 6.07) is 18.0. The summed E-state index contributed by atoms with van der Waals surface area (Å²) in [5.41, 5.74) is 2.96. The molecule has 1 atom stereocenters. The monoisotopic (exact) mass is 420 g/mol. The van der Waals surface area contributed by atoms with Crippen LogP contribution in [-0.2, 0) is 27.3 Å². The van der Waals surface area contributed by atoms with Gasteiger partial charge in [0.15, 0.2) is 0 Å². The van der Waals surface area contributed by atoms with Gasteiger partial charge in [0.05, 0.1) is 19.1 Å². The Morgan fingerprint density at radius 1 is 0.903 bits per heavy atom. The molecule has 0 radical (unpaired) electrons. The smallest absolute Gasteiger partial charge is 0.230 e. The number of benzene rings is 2. The third-order valence-electron chi connectivity index (χ3n) is 6.32. The van der Waals surface area contributed by atoms with Crippen molar-refractivity contribution in [1.82, 2.24) is 5.32 Å². The summed E-state index contributed by atoms with van der Waals surface area (Å²) in [4.78, 5) is 27.5. The number of amides is 2. The number of ether oxygens (including phenoxy) is 1. The van der Waals surface area contributed by atoms with Gasteiger partial charge in [-0.3, -0.25) is 9.59 Å². The molecule has 164 valence electrons. The van der Waals surface area contributed by atoms with E-state index in [0.29, 0.717) is 19.5 Å². The highest BCUT2D eigenvalue weighted by molar-refractivity contribution is 5.95. The molecule has 2 aromatic rings. The van der Waals surface area contributed by atoms with Gasteiger partial charge in [0.2, 0.25) is 11.8 Å². The topological polar surface area (TPSA) is 58.6 Å². The van der Waals surface area contributed by atoms with Crippen LogP contribution in [0.1, 0.15) is 49.7 Å². The van der Waals surface area contributed by atoms with E-state index in [4.69, 9.17) is 4.74 Å². The summed E-state index contributed by atoms with van der Waals surface area (Å²) in [6.07, 6.45) is 6.80. The largest absolute Gasteiger partial charge is 0.376 e. The Hall–Kier alpha value is -2.66. The number of nitrogens with one attached hydrogen (secondary N) is 1. The molecule has 31 heavy (non-hydrogen) atoms. The normalized spacial score (nSPS) is 18.8. The van der Waals surface area contributed by atoms with Gasteiger partial charge in [-0.2, -0.15) is 0 Å². The van der Waals surface area contributed by atoms with Gasteiger partial charge < -0.3 is 15.0 Å². The molecule has 0 bridgehead atoms. The van der Waals surface area contributed by atoms with Crippen LogP contribution < -0.4 is 10.2 Å². The van der Waals surface area contributed by atoms with Crippen LogP contribution in [0.2, 0.25) is 0 Å². The van der Waals surface area contributed by atoms with Crippen LogP contribution in [0, 0.1) is 5.92 Å². The average Bonchev–Trinajstić information content (AvgIpc) is 3.51. The maximum absolute atomic E-state index is 13.3. The molecule has 1 aliphatic heterocycles. The summed E-state index contributed by atoms with van der Waals surface area (Å²) >= 11 is 0. The van der Waals surface area contributed by atoms with Crippen molar-refractivity contribution in [3.8, 4) is 0 Å². The van der Waals surface area contributed by atoms with Crippen LogP contribution in [0.3, 0.4) is 0 Å². The molecule has 4 rings (SSSR count). The molecule has 5 heteroatoms. The van der Waals surface area contributed by atoms with Gasteiger partial charge in [-0.25, -0.2) is 0 Å². The fraction of sp³-hybridized carbons (Fsp3) is 0.462. The molecule has 5 nitrogen and oxygen atoms in total. The Morgan fingerprint density at radius 3 is 2.32 bits per heavy atom. The second kappa shape index (κ2) is 10.6. The van der Waals surface area contributed by atoms with E-state index in [1.165, 1.54) is 0 Å². The Kier molecular flexibility index (Phi) is 7.36. The lowest BCUT2D eigenvalue weighted by Crippen LogP contribution is -2.35. The van der Waals surface area contributed by atoms with Crippen molar-refractivity contribution in [3.05, 3.63) is 65.7 Å². The fourth-order valence-electron chi connectivity index (χ4n) is 4.53. The van der Waals surface area contributed by atoms with Crippen LogP contribution in [0.4, 0.5) is 5.69 Å². The first kappa shape index (κ1) is 21.6. The average molecular weight is 421 g/mol. The number of carbonyl (C=O) groups is 2. The molecule has 1 N–H and O–H groups in total. The minimum absolute atomic E-state index is 0.00595. The summed E-state index contributed by atoms with van der Waals surface area (Å²) in [5.74, 6) is 0.335. The van der Waals surface area contributed by atoms with Gasteiger partial charge in [-0.15, -0.1) is 0 Å². The zero-order valence-corrected chi connectivity index (χ0v) is 18.1. The van der Waals surface area contributed by atoms with Crippen LogP contribution in [0.5, 0.6) is 0 Å². The van der Waals surface area contributed by atoms with Crippen molar-refractivity contribution in [2.24, 2.45) is 5.92 Å². The first-order valence-corrected chi connectivity index (χ1v) is 11.5. The lowest BCUT2D eigenvalue weighted by atomic mass is 10.0. The van der Waals surface area contributed by atoms with Gasteiger partial charge in [-0.05, 0) is 48.9 Å². The predicted octanol–water partition coefficient (Wildman–Crippen LogP) is 4.25. The number of hydrogen-bond donors (Lipinski definition) is 1. The van der Waals surface area contributed by atoms with Crippen molar-refractivity contribution >= 4 is 17.5 Å². The van der Waals surface area contributed by atoms with Crippen molar-refractivity contribution in [1.29, 1.82) is 0 Å². The highest BCUT2D eigenvalue weighted by Crippen LogP contribution is 2.30. The number of anilines is 1. The maximum atomic E-state index is 13.3. The molecule has 2 aromatic carbocycles. The highest BCUT2D eigenvalue weighted by Gasteiger charge is 2.28. The molecule has 1 saturated heterocycles. The van der Waals surface area contributed by atoms with Crippen molar-refractivity contribution < 1.29 is 14.3 Å². The van der Waals surface area contributed by atoms with Gasteiger partial charge in [0.1, 0.15) is 0 Å². The van der Waals surface area contributed by atoms with Crippen LogP contribution in [0.15, 0.2) is 54.6 Å². The second-order valence-electron chi connectivity index (χ2n) is 8.67. The third kappa shape index (κ3) is 5.95. The molecule has 1 heterocycles. The second-order valence-corrected chi connectivity index (χ2v) is 8.67. The summed E-state index contributed by atoms with van der Waals surface area (Å²) < 4.78 is 5.56. The number of nitrogens with zero attached hydrogens (tertiary/aromatic N) is 1. The molecule has 2 aliphatic rings. The molecule has 1 saturated carbocycles. The van der Waals surface area contributed by atoms with Crippen LogP contribution in [0.25, 0.3) is 0 Å². The van der Waals surface area contributed by atoms with Crippen LogP contribution >= 0.6 is 0 Å². The minimum atomic E-state index is 0.00595. The molecule has 2 fully saturated rings. The van der Waals surface area contributed by atoms with E-state index in [-0.39, 0.29) is 23.8 Å². The zero-order chi connectivity index (χ0) is 21.5. The molecule has 1 aliphatic carbocycles. The molecule has 0 unspecified atom stereocenters. The quantitative estimate of drug-likeness (QED) is 0.695. The SMILES string of the molecule is O=C(Cc1ccc(N(Cc2ccccc2)C(=O)C2CCCC2)cc1)NC[C@H]1CCCO1. The Morgan fingerprint density at radius 2 is 1.65 bits per heavy atom. The van der Waals surface area contributed by atoms with Crippen molar-refractivity contribution in [2.75, 3.05) is 18.1 Å². The van der Waals surface area contributed by atoms with Gasteiger partial charge >= 0.3 is 0 Å². The Bertz CT molecular complexity index is 854. The van der Waals surface area contributed by atoms with Gasteiger partial charge in [0.25, 0.3) is 0 Å². The van der Waals surface area contributed by atoms with E-state index in [9.17, 15) is 9.59 Å². The van der Waals surface area contributed by atoms with Gasteiger partial charge in [-0.1, -0.05) is 55.3 Å². The fourth-order valence-corrected chi connectivity index (χ4v) is 4.53. The van der Waals surface area contributed by atoms with Crippen LogP contribution in [-0.4, -0.2) is 31.1 Å². The van der Waals surface area contributed by atoms with Crippen molar-refractivity contribution in [3.63, 3.8) is 0 Å². The number of carbonyl (C=O) groups excluding carboxylic acids is 2. The Balaban J connectivity index is 1.41. The highest BCUT2D eigenvalue weighted by atomic mass is 16.5. The number of hydrogen-bond acceptors (Lipinski definition) is 3. The maximum Gasteiger partial charge on any atom is 0.230 e. The van der Waals surface area contributed by atoms with E-state index < -0.39 is 0 Å². The first-order chi connectivity index (χ1) is 15.2. The zero-order valence-electron chi connectivity index (χ0n) is 18.1.